The number of hydrogen-bond donors (Lipinski definition) is 0. The lowest BCUT2D eigenvalue weighted by atomic mass is 9.98. The second-order valence-electron chi connectivity index (χ2n) is 5.24. The van der Waals surface area contributed by atoms with E-state index in [4.69, 9.17) is 9.47 Å². The third kappa shape index (κ3) is 1.95. The summed E-state index contributed by atoms with van der Waals surface area (Å²) >= 11 is 0. The Hall–Kier alpha value is -2.00. The Morgan fingerprint density at radius 2 is 1.65 bits per heavy atom. The Kier molecular flexibility index (Phi) is 2.85. The average molecular weight is 267 g/mol. The maximum absolute atomic E-state index is 6.05. The molecule has 0 aromatic heterocycles. The van der Waals surface area contributed by atoms with E-state index >= 15 is 0 Å². The lowest BCUT2D eigenvalue weighted by Crippen LogP contribution is -2.37. The largest absolute Gasteiger partial charge is 0.457 e. The van der Waals surface area contributed by atoms with Crippen molar-refractivity contribution in [2.45, 2.75) is 6.42 Å². The Morgan fingerprint density at radius 3 is 2.55 bits per heavy atom. The first kappa shape index (κ1) is 11.8. The molecule has 0 radical (unpaired) electrons. The number of para-hydroxylation sites is 1. The Bertz CT molecular complexity index is 633. The standard InChI is InChI=1S/C17H17NO2/c1-2-6-16-13(4-1)12-14-15(5-3-7-17(14)20-16)18-8-10-19-11-9-18/h1-7H,8-12H2. The molecule has 2 aromatic carbocycles. The summed E-state index contributed by atoms with van der Waals surface area (Å²) in [5, 5.41) is 0. The molecular formula is C17H17NO2. The highest BCUT2D eigenvalue weighted by Gasteiger charge is 2.22. The van der Waals surface area contributed by atoms with Gasteiger partial charge in [-0.15, -0.1) is 0 Å². The molecule has 0 N–H and O–H groups in total. The normalized spacial score (nSPS) is 17.1. The van der Waals surface area contributed by atoms with Crippen molar-refractivity contribution < 1.29 is 9.47 Å². The fraction of sp³-hybridized carbons (Fsp3) is 0.294. The van der Waals surface area contributed by atoms with Crippen LogP contribution < -0.4 is 9.64 Å². The van der Waals surface area contributed by atoms with Gasteiger partial charge in [-0.25, -0.2) is 0 Å². The lowest BCUT2D eigenvalue weighted by molar-refractivity contribution is 0.122. The van der Waals surface area contributed by atoms with Crippen LogP contribution >= 0.6 is 0 Å². The van der Waals surface area contributed by atoms with Gasteiger partial charge < -0.3 is 14.4 Å². The van der Waals surface area contributed by atoms with Gasteiger partial charge in [0.15, 0.2) is 0 Å². The molecule has 2 aliphatic rings. The molecule has 20 heavy (non-hydrogen) atoms. The first-order chi connectivity index (χ1) is 9.92. The van der Waals surface area contributed by atoms with E-state index in [-0.39, 0.29) is 0 Å². The molecule has 0 spiro atoms. The van der Waals surface area contributed by atoms with Gasteiger partial charge in [-0.2, -0.15) is 0 Å². The number of fused-ring (bicyclic) bond motifs is 2. The topological polar surface area (TPSA) is 21.7 Å². The van der Waals surface area contributed by atoms with E-state index in [0.717, 1.165) is 44.2 Å². The fourth-order valence-corrected chi connectivity index (χ4v) is 2.99. The molecule has 0 amide bonds. The van der Waals surface area contributed by atoms with Crippen molar-refractivity contribution >= 4 is 5.69 Å². The number of hydrogen-bond acceptors (Lipinski definition) is 3. The molecular weight excluding hydrogens is 250 g/mol. The zero-order chi connectivity index (χ0) is 13.4. The number of anilines is 1. The summed E-state index contributed by atoms with van der Waals surface area (Å²) < 4.78 is 11.5. The van der Waals surface area contributed by atoms with Crippen molar-refractivity contribution in [1.82, 2.24) is 0 Å². The third-order valence-electron chi connectivity index (χ3n) is 4.02. The van der Waals surface area contributed by atoms with E-state index in [1.165, 1.54) is 16.8 Å². The van der Waals surface area contributed by atoms with Crippen LogP contribution in [0, 0.1) is 0 Å². The van der Waals surface area contributed by atoms with Crippen LogP contribution in [0.4, 0.5) is 5.69 Å². The van der Waals surface area contributed by atoms with Crippen molar-refractivity contribution in [3.05, 3.63) is 53.6 Å². The van der Waals surface area contributed by atoms with Crippen LogP contribution in [0.5, 0.6) is 11.5 Å². The second-order valence-corrected chi connectivity index (χ2v) is 5.24. The van der Waals surface area contributed by atoms with Crippen LogP contribution in [0.15, 0.2) is 42.5 Å². The van der Waals surface area contributed by atoms with Gasteiger partial charge in [-0.05, 0) is 23.8 Å². The molecule has 2 aromatic rings. The first-order valence-electron chi connectivity index (χ1n) is 7.12. The zero-order valence-corrected chi connectivity index (χ0v) is 11.3. The summed E-state index contributed by atoms with van der Waals surface area (Å²) in [4.78, 5) is 2.40. The highest BCUT2D eigenvalue weighted by atomic mass is 16.5. The molecule has 0 aliphatic carbocycles. The van der Waals surface area contributed by atoms with E-state index in [1.54, 1.807) is 0 Å². The van der Waals surface area contributed by atoms with Crippen molar-refractivity contribution in [3.8, 4) is 11.5 Å². The van der Waals surface area contributed by atoms with E-state index in [0.29, 0.717) is 0 Å². The maximum atomic E-state index is 6.05. The van der Waals surface area contributed by atoms with E-state index < -0.39 is 0 Å². The predicted octanol–water partition coefficient (Wildman–Crippen LogP) is 3.22. The van der Waals surface area contributed by atoms with Crippen LogP contribution in [0.3, 0.4) is 0 Å². The minimum atomic E-state index is 0.807. The van der Waals surface area contributed by atoms with Crippen LogP contribution in [0.25, 0.3) is 0 Å². The van der Waals surface area contributed by atoms with Gasteiger partial charge in [0.05, 0.1) is 13.2 Å². The number of ether oxygens (including phenoxy) is 2. The highest BCUT2D eigenvalue weighted by Crippen LogP contribution is 2.40. The molecule has 1 fully saturated rings. The second kappa shape index (κ2) is 4.84. The lowest BCUT2D eigenvalue weighted by Gasteiger charge is -2.32. The predicted molar refractivity (Wildman–Crippen MR) is 78.8 cm³/mol. The van der Waals surface area contributed by atoms with Crippen LogP contribution in [0.1, 0.15) is 11.1 Å². The Morgan fingerprint density at radius 1 is 0.850 bits per heavy atom. The van der Waals surface area contributed by atoms with E-state index in [2.05, 4.69) is 35.2 Å². The fourth-order valence-electron chi connectivity index (χ4n) is 2.99. The number of morpholine rings is 1. The SMILES string of the molecule is c1ccc2c(c1)Cc1c(cccc1N1CCOCC1)O2. The molecule has 0 unspecified atom stereocenters. The average Bonchev–Trinajstić information content (AvgIpc) is 2.53. The van der Waals surface area contributed by atoms with Gasteiger partial charge >= 0.3 is 0 Å². The summed E-state index contributed by atoms with van der Waals surface area (Å²) in [6.07, 6.45) is 0.943. The Balaban J connectivity index is 1.74. The van der Waals surface area contributed by atoms with E-state index in [1.807, 2.05) is 12.1 Å². The first-order valence-corrected chi connectivity index (χ1v) is 7.12. The third-order valence-corrected chi connectivity index (χ3v) is 4.02. The highest BCUT2D eigenvalue weighted by molar-refractivity contribution is 5.64. The molecule has 3 nitrogen and oxygen atoms in total. The monoisotopic (exact) mass is 267 g/mol. The quantitative estimate of drug-likeness (QED) is 0.675. The van der Waals surface area contributed by atoms with Gasteiger partial charge in [0.2, 0.25) is 0 Å². The van der Waals surface area contributed by atoms with Gasteiger partial charge in [-0.3, -0.25) is 0 Å². The molecule has 0 bridgehead atoms. The number of rotatable bonds is 1. The summed E-state index contributed by atoms with van der Waals surface area (Å²) in [6.45, 7) is 3.53. The van der Waals surface area contributed by atoms with E-state index in [9.17, 15) is 0 Å². The Labute approximate surface area is 118 Å². The molecule has 2 heterocycles. The van der Waals surface area contributed by atoms with Crippen molar-refractivity contribution in [3.63, 3.8) is 0 Å². The van der Waals surface area contributed by atoms with Gasteiger partial charge in [0.1, 0.15) is 11.5 Å². The summed E-state index contributed by atoms with van der Waals surface area (Å²) in [5.74, 6) is 1.98. The van der Waals surface area contributed by atoms with Crippen molar-refractivity contribution in [2.24, 2.45) is 0 Å². The van der Waals surface area contributed by atoms with Crippen molar-refractivity contribution in [1.29, 1.82) is 0 Å². The minimum absolute atomic E-state index is 0.807. The van der Waals surface area contributed by atoms with Gasteiger partial charge in [-0.1, -0.05) is 24.3 Å². The number of benzene rings is 2. The van der Waals surface area contributed by atoms with Crippen LogP contribution in [0.2, 0.25) is 0 Å². The molecule has 4 rings (SSSR count). The number of nitrogens with zero attached hydrogens (tertiary/aromatic N) is 1. The molecule has 3 heteroatoms. The molecule has 0 atom stereocenters. The zero-order valence-electron chi connectivity index (χ0n) is 11.3. The summed E-state index contributed by atoms with van der Waals surface area (Å²) in [7, 11) is 0. The molecule has 0 saturated carbocycles. The molecule has 2 aliphatic heterocycles. The minimum Gasteiger partial charge on any atom is -0.457 e. The summed E-state index contributed by atoms with van der Waals surface area (Å²) in [5.41, 5.74) is 3.86. The van der Waals surface area contributed by atoms with Gasteiger partial charge in [0, 0.05) is 30.8 Å². The molecule has 102 valence electrons. The van der Waals surface area contributed by atoms with Crippen LogP contribution in [-0.2, 0) is 11.2 Å². The smallest absolute Gasteiger partial charge is 0.133 e. The summed E-state index contributed by atoms with van der Waals surface area (Å²) in [6, 6.07) is 14.6. The van der Waals surface area contributed by atoms with Crippen molar-refractivity contribution in [2.75, 3.05) is 31.2 Å². The molecule has 1 saturated heterocycles. The van der Waals surface area contributed by atoms with Gasteiger partial charge in [0.25, 0.3) is 0 Å². The van der Waals surface area contributed by atoms with Crippen LogP contribution in [-0.4, -0.2) is 26.3 Å². The maximum Gasteiger partial charge on any atom is 0.133 e.